The van der Waals surface area contributed by atoms with E-state index in [-0.39, 0.29) is 18.5 Å². The highest BCUT2D eigenvalue weighted by molar-refractivity contribution is 7.19. The number of hydrogen-bond donors (Lipinski definition) is 2. The monoisotopic (exact) mass is 499 g/mol. The summed E-state index contributed by atoms with van der Waals surface area (Å²) in [5, 5.41) is 8.03. The lowest BCUT2D eigenvalue weighted by molar-refractivity contribution is -0.119. The lowest BCUT2D eigenvalue weighted by Crippen LogP contribution is -2.23. The van der Waals surface area contributed by atoms with Crippen LogP contribution in [0, 0.1) is 23.5 Å². The molecule has 3 aromatic heterocycles. The van der Waals surface area contributed by atoms with Gasteiger partial charge in [0.2, 0.25) is 5.91 Å². The van der Waals surface area contributed by atoms with Crippen LogP contribution in [0.15, 0.2) is 61.1 Å². The maximum Gasteiger partial charge on any atom is 0.221 e. The Morgan fingerprint density at radius 1 is 1.14 bits per heavy atom. The molecule has 1 atom stereocenters. The first-order chi connectivity index (χ1) is 17.5. The van der Waals surface area contributed by atoms with Crippen LogP contribution in [0.25, 0.3) is 21.1 Å². The van der Waals surface area contributed by atoms with Crippen LogP contribution in [-0.4, -0.2) is 26.5 Å². The molecule has 0 radical (unpaired) electrons. The second-order valence-corrected chi connectivity index (χ2v) is 9.59. The van der Waals surface area contributed by atoms with Crippen LogP contribution < -0.4 is 10.6 Å². The molecule has 178 valence electrons. The lowest BCUT2D eigenvalue weighted by Gasteiger charge is -2.09. The van der Waals surface area contributed by atoms with Gasteiger partial charge in [-0.25, -0.2) is 18.7 Å². The van der Waals surface area contributed by atoms with E-state index in [2.05, 4.69) is 32.4 Å². The standard InChI is InChI=1S/C27H19F2N5OS/c28-18-1-6-23(29)17(11-18)14-34-10-9-16-12-20(3-7-24(16)34)33-26-22-13-21(36-27(22)31-15-30-26)5-2-19-4-8-25(35)32-19/h1,3,6-7,9-13,15,19H,4,8,14H2,(H,32,35)(H,30,31,33)/t19-/m1/s1. The molecular weight excluding hydrogens is 480 g/mol. The van der Waals surface area contributed by atoms with E-state index in [4.69, 9.17) is 0 Å². The Morgan fingerprint density at radius 2 is 2.06 bits per heavy atom. The Kier molecular flexibility index (Phi) is 5.58. The van der Waals surface area contributed by atoms with Crippen LogP contribution in [0.5, 0.6) is 0 Å². The first kappa shape index (κ1) is 22.2. The molecule has 2 aromatic carbocycles. The molecule has 4 heterocycles. The van der Waals surface area contributed by atoms with Crippen LogP contribution in [-0.2, 0) is 11.3 Å². The average molecular weight is 500 g/mol. The average Bonchev–Trinajstić information content (AvgIpc) is 3.59. The summed E-state index contributed by atoms with van der Waals surface area (Å²) < 4.78 is 29.6. The molecule has 6 rings (SSSR count). The molecular formula is C27H19F2N5OS. The van der Waals surface area contributed by atoms with Crippen LogP contribution in [0.4, 0.5) is 20.3 Å². The molecule has 2 N–H and O–H groups in total. The van der Waals surface area contributed by atoms with Crippen LogP contribution in [0.3, 0.4) is 0 Å². The van der Waals surface area contributed by atoms with Gasteiger partial charge in [0.15, 0.2) is 0 Å². The number of benzene rings is 2. The molecule has 1 aliphatic heterocycles. The third-order valence-electron chi connectivity index (χ3n) is 6.08. The topological polar surface area (TPSA) is 71.8 Å². The molecule has 1 fully saturated rings. The van der Waals surface area contributed by atoms with Crippen molar-refractivity contribution in [1.29, 1.82) is 0 Å². The molecule has 0 spiro atoms. The van der Waals surface area contributed by atoms with E-state index >= 15 is 0 Å². The number of aromatic nitrogens is 3. The number of rotatable bonds is 4. The quantitative estimate of drug-likeness (QED) is 0.327. The van der Waals surface area contributed by atoms with Crippen molar-refractivity contribution in [3.05, 3.63) is 83.1 Å². The maximum atomic E-state index is 14.1. The summed E-state index contributed by atoms with van der Waals surface area (Å²) in [7, 11) is 0. The number of amides is 1. The van der Waals surface area contributed by atoms with E-state index in [9.17, 15) is 13.6 Å². The summed E-state index contributed by atoms with van der Waals surface area (Å²) in [5.41, 5.74) is 2.04. The van der Waals surface area contributed by atoms with Crippen LogP contribution in [0.1, 0.15) is 23.3 Å². The zero-order valence-electron chi connectivity index (χ0n) is 18.9. The largest absolute Gasteiger partial charge is 0.343 e. The van der Waals surface area contributed by atoms with Gasteiger partial charge >= 0.3 is 0 Å². The molecule has 6 nitrogen and oxygen atoms in total. The Morgan fingerprint density at radius 3 is 2.92 bits per heavy atom. The van der Waals surface area contributed by atoms with Gasteiger partial charge in [-0.05, 0) is 55.0 Å². The number of carbonyl (C=O) groups is 1. The van der Waals surface area contributed by atoms with E-state index in [0.29, 0.717) is 17.8 Å². The number of nitrogens with zero attached hydrogens (tertiary/aromatic N) is 3. The van der Waals surface area contributed by atoms with Crippen molar-refractivity contribution in [2.75, 3.05) is 5.32 Å². The fourth-order valence-electron chi connectivity index (χ4n) is 4.30. The van der Waals surface area contributed by atoms with E-state index in [1.807, 2.05) is 41.1 Å². The highest BCUT2D eigenvalue weighted by atomic mass is 32.1. The second kappa shape index (κ2) is 9.06. The Bertz CT molecular complexity index is 1700. The minimum absolute atomic E-state index is 0.0384. The van der Waals surface area contributed by atoms with E-state index in [1.165, 1.54) is 23.7 Å². The summed E-state index contributed by atoms with van der Waals surface area (Å²) in [5.74, 6) is 6.08. The molecule has 9 heteroatoms. The number of nitrogens with one attached hydrogen (secondary N) is 2. The summed E-state index contributed by atoms with van der Waals surface area (Å²) in [6, 6.07) is 13.1. The zero-order chi connectivity index (χ0) is 24.6. The molecule has 0 saturated carbocycles. The zero-order valence-corrected chi connectivity index (χ0v) is 19.7. The van der Waals surface area contributed by atoms with Gasteiger partial charge in [-0.1, -0.05) is 11.8 Å². The van der Waals surface area contributed by atoms with Crippen molar-refractivity contribution < 1.29 is 13.6 Å². The van der Waals surface area contributed by atoms with Crippen LogP contribution >= 0.6 is 11.3 Å². The summed E-state index contributed by atoms with van der Waals surface area (Å²) in [6.07, 6.45) is 4.61. The fourth-order valence-corrected chi connectivity index (χ4v) is 5.16. The highest BCUT2D eigenvalue weighted by Crippen LogP contribution is 2.31. The lowest BCUT2D eigenvalue weighted by atomic mass is 10.2. The van der Waals surface area contributed by atoms with E-state index in [1.54, 1.807) is 0 Å². The Labute approximate surface area is 209 Å². The number of anilines is 2. The van der Waals surface area contributed by atoms with Crippen molar-refractivity contribution in [2.45, 2.75) is 25.4 Å². The van der Waals surface area contributed by atoms with Crippen LogP contribution in [0.2, 0.25) is 0 Å². The number of hydrogen-bond acceptors (Lipinski definition) is 5. The van der Waals surface area contributed by atoms with Crippen molar-refractivity contribution >= 4 is 49.9 Å². The van der Waals surface area contributed by atoms with E-state index < -0.39 is 11.6 Å². The third-order valence-corrected chi connectivity index (χ3v) is 7.03. The maximum absolute atomic E-state index is 14.1. The first-order valence-corrected chi connectivity index (χ1v) is 12.2. The van der Waals surface area contributed by atoms with Gasteiger partial charge in [-0.3, -0.25) is 4.79 Å². The SMILES string of the molecule is O=C1CC[C@@H](C#Cc2cc3c(Nc4ccc5c(ccn5Cc5cc(F)ccc5F)c4)ncnc3s2)N1. The van der Waals surface area contributed by atoms with Gasteiger partial charge in [0, 0.05) is 34.8 Å². The predicted octanol–water partition coefficient (Wildman–Crippen LogP) is 5.35. The predicted molar refractivity (Wildman–Crippen MR) is 136 cm³/mol. The Hall–Kier alpha value is -4.29. The van der Waals surface area contributed by atoms with Gasteiger partial charge < -0.3 is 15.2 Å². The van der Waals surface area contributed by atoms with Crippen molar-refractivity contribution in [3.8, 4) is 11.8 Å². The summed E-state index contributed by atoms with van der Waals surface area (Å²) in [6.45, 7) is 0.232. The Balaban J connectivity index is 1.25. The van der Waals surface area contributed by atoms with Crippen molar-refractivity contribution in [2.24, 2.45) is 0 Å². The number of carbonyl (C=O) groups excluding carboxylic acids is 1. The minimum Gasteiger partial charge on any atom is -0.343 e. The fraction of sp³-hybridized carbons (Fsp3) is 0.148. The van der Waals surface area contributed by atoms with Crippen molar-refractivity contribution in [1.82, 2.24) is 19.9 Å². The normalized spacial score (nSPS) is 15.2. The minimum atomic E-state index is -0.460. The van der Waals surface area contributed by atoms with Gasteiger partial charge in [0.1, 0.15) is 28.6 Å². The first-order valence-electron chi connectivity index (χ1n) is 11.4. The van der Waals surface area contributed by atoms with Gasteiger partial charge in [-0.15, -0.1) is 11.3 Å². The molecule has 0 bridgehead atoms. The molecule has 5 aromatic rings. The molecule has 0 aliphatic carbocycles. The summed E-state index contributed by atoms with van der Waals surface area (Å²) in [4.78, 5) is 21.8. The highest BCUT2D eigenvalue weighted by Gasteiger charge is 2.18. The number of thiophene rings is 1. The van der Waals surface area contributed by atoms with Gasteiger partial charge in [0.05, 0.1) is 22.8 Å². The molecule has 1 saturated heterocycles. The molecule has 0 unspecified atom stereocenters. The molecule has 1 amide bonds. The number of fused-ring (bicyclic) bond motifs is 2. The summed E-state index contributed by atoms with van der Waals surface area (Å²) >= 11 is 1.48. The smallest absolute Gasteiger partial charge is 0.221 e. The van der Waals surface area contributed by atoms with Gasteiger partial charge in [0.25, 0.3) is 0 Å². The van der Waals surface area contributed by atoms with E-state index in [0.717, 1.165) is 50.2 Å². The molecule has 36 heavy (non-hydrogen) atoms. The third kappa shape index (κ3) is 4.39. The second-order valence-electron chi connectivity index (χ2n) is 8.56. The van der Waals surface area contributed by atoms with Gasteiger partial charge in [-0.2, -0.15) is 0 Å². The number of halogens is 2. The molecule has 1 aliphatic rings. The van der Waals surface area contributed by atoms with Crippen molar-refractivity contribution in [3.63, 3.8) is 0 Å².